The molecule has 0 saturated heterocycles. The summed E-state index contributed by atoms with van der Waals surface area (Å²) in [6, 6.07) is 0. The van der Waals surface area contributed by atoms with Crippen LogP contribution >= 0.6 is 0 Å². The van der Waals surface area contributed by atoms with Gasteiger partial charge in [-0.05, 0) is 6.58 Å². The molecule has 0 amide bonds. The molecule has 0 rings (SSSR count). The minimum atomic E-state index is 0.0820. The maximum atomic E-state index is 11.1. The Morgan fingerprint density at radius 3 is 2.27 bits per heavy atom. The monoisotopic (exact) mass is 154 g/mol. The van der Waals surface area contributed by atoms with Crippen molar-refractivity contribution in [3.05, 3.63) is 12.3 Å². The quantitative estimate of drug-likeness (QED) is 0.443. The number of rotatable bonds is 4. The molecule has 2 heteroatoms. The van der Waals surface area contributed by atoms with E-state index >= 15 is 0 Å². The Labute approximate surface area is 68.2 Å². The average Bonchev–Trinajstić information content (AvgIpc) is 1.87. The van der Waals surface area contributed by atoms with Gasteiger partial charge >= 0.3 is 0 Å². The van der Waals surface area contributed by atoms with E-state index in [1.807, 2.05) is 20.8 Å². The van der Waals surface area contributed by atoms with Crippen LogP contribution in [0.3, 0.4) is 0 Å². The summed E-state index contributed by atoms with van der Waals surface area (Å²) >= 11 is 0. The topological polar surface area (TPSA) is 20.1 Å². The molecule has 0 N–H and O–H groups in total. The maximum absolute atomic E-state index is 11.1. The summed E-state index contributed by atoms with van der Waals surface area (Å²) in [4.78, 5) is 11.1. The summed E-state index contributed by atoms with van der Waals surface area (Å²) in [6.07, 6.45) is 0. The van der Waals surface area contributed by atoms with E-state index < -0.39 is 0 Å². The molecule has 0 saturated carbocycles. The van der Waals surface area contributed by atoms with E-state index in [9.17, 15) is 4.79 Å². The minimum Gasteiger partial charge on any atom is -0.292 e. The van der Waals surface area contributed by atoms with E-state index in [1.54, 1.807) is 4.58 Å². The maximum Gasteiger partial charge on any atom is 0.206 e. The van der Waals surface area contributed by atoms with Crippen molar-refractivity contribution in [3.8, 4) is 0 Å². The first kappa shape index (κ1) is 10.1. The average molecular weight is 154 g/mol. The van der Waals surface area contributed by atoms with Crippen LogP contribution in [0.2, 0.25) is 0 Å². The number of nitrogens with zero attached hydrogens (tertiary/aromatic N) is 1. The molecule has 11 heavy (non-hydrogen) atoms. The van der Waals surface area contributed by atoms with E-state index in [2.05, 4.69) is 13.3 Å². The van der Waals surface area contributed by atoms with Crippen molar-refractivity contribution in [1.82, 2.24) is 0 Å². The second kappa shape index (κ2) is 4.06. The molecule has 0 bridgehead atoms. The van der Waals surface area contributed by atoms with E-state index in [0.29, 0.717) is 6.54 Å². The highest BCUT2D eigenvalue weighted by atomic mass is 16.1. The van der Waals surface area contributed by atoms with Gasteiger partial charge in [0, 0.05) is 12.8 Å². The van der Waals surface area contributed by atoms with Gasteiger partial charge in [-0.15, -0.1) is 0 Å². The number of carbonyl (C=O) groups is 1. The summed E-state index contributed by atoms with van der Waals surface area (Å²) in [6.45, 7) is 13.3. The Morgan fingerprint density at radius 1 is 1.55 bits per heavy atom. The number of hydrogen-bond donors (Lipinski definition) is 0. The minimum absolute atomic E-state index is 0.0820. The predicted molar refractivity (Wildman–Crippen MR) is 46.9 cm³/mol. The van der Waals surface area contributed by atoms with Crippen molar-refractivity contribution in [2.75, 3.05) is 6.54 Å². The van der Waals surface area contributed by atoms with Gasteiger partial charge in [0.15, 0.2) is 11.5 Å². The van der Waals surface area contributed by atoms with Gasteiger partial charge in [0.25, 0.3) is 0 Å². The Morgan fingerprint density at radius 2 is 2.00 bits per heavy atom. The zero-order chi connectivity index (χ0) is 9.02. The second-order valence-corrected chi connectivity index (χ2v) is 3.05. The molecule has 62 valence electrons. The third-order valence-electron chi connectivity index (χ3n) is 1.53. The Bertz CT molecular complexity index is 192. The Balaban J connectivity index is 3.96. The van der Waals surface area contributed by atoms with Gasteiger partial charge in [-0.3, -0.25) is 4.79 Å². The molecule has 0 aliphatic heterocycles. The van der Waals surface area contributed by atoms with E-state index in [1.165, 1.54) is 0 Å². The molecule has 0 aliphatic rings. The molecule has 0 atom stereocenters. The molecule has 0 aromatic rings. The third kappa shape index (κ3) is 3.71. The number of allylic oxidation sites excluding steroid dienone is 1. The first-order chi connectivity index (χ1) is 4.95. The SMILES string of the molecule is C=C(C)[N+](=C)CC(=O)C(C)C. The summed E-state index contributed by atoms with van der Waals surface area (Å²) in [5.74, 6) is 0.279. The Kier molecular flexibility index (Phi) is 3.72. The van der Waals surface area contributed by atoms with E-state index in [-0.39, 0.29) is 11.7 Å². The molecule has 0 radical (unpaired) electrons. The molecule has 0 heterocycles. The summed E-state index contributed by atoms with van der Waals surface area (Å²) in [5, 5.41) is 0. The van der Waals surface area contributed by atoms with Gasteiger partial charge in [0.1, 0.15) is 6.72 Å². The lowest BCUT2D eigenvalue weighted by atomic mass is 10.1. The number of Topliss-reactive ketones (excluding diaryl/α,β-unsaturated/α-hetero) is 1. The second-order valence-electron chi connectivity index (χ2n) is 3.05. The standard InChI is InChI=1S/C9H16NO/c1-7(2)9(11)6-10(5)8(3)4/h7H,3,5-6H2,1-2,4H3/q+1. The van der Waals surface area contributed by atoms with Crippen molar-refractivity contribution in [1.29, 1.82) is 0 Å². The van der Waals surface area contributed by atoms with Crippen molar-refractivity contribution in [3.63, 3.8) is 0 Å². The van der Waals surface area contributed by atoms with Crippen LogP contribution in [0.15, 0.2) is 12.3 Å². The number of ketones is 1. The van der Waals surface area contributed by atoms with Gasteiger partial charge in [-0.25, -0.2) is 4.58 Å². The van der Waals surface area contributed by atoms with Crippen LogP contribution in [0.25, 0.3) is 0 Å². The highest BCUT2D eigenvalue weighted by Crippen LogP contribution is 1.96. The predicted octanol–water partition coefficient (Wildman–Crippen LogP) is 1.46. The zero-order valence-electron chi connectivity index (χ0n) is 7.55. The van der Waals surface area contributed by atoms with Crippen molar-refractivity contribution in [2.24, 2.45) is 5.92 Å². The molecular weight excluding hydrogens is 138 g/mol. The lowest BCUT2D eigenvalue weighted by Crippen LogP contribution is -2.21. The third-order valence-corrected chi connectivity index (χ3v) is 1.53. The van der Waals surface area contributed by atoms with Crippen LogP contribution < -0.4 is 0 Å². The van der Waals surface area contributed by atoms with Crippen LogP contribution in [-0.4, -0.2) is 23.6 Å². The van der Waals surface area contributed by atoms with Gasteiger partial charge in [-0.2, -0.15) is 0 Å². The number of carbonyl (C=O) groups excluding carboxylic acids is 1. The molecule has 0 unspecified atom stereocenters. The smallest absolute Gasteiger partial charge is 0.206 e. The van der Waals surface area contributed by atoms with Crippen LogP contribution in [0.4, 0.5) is 0 Å². The molecule has 0 fully saturated rings. The summed E-state index contributed by atoms with van der Waals surface area (Å²) in [5.41, 5.74) is 0.819. The first-order valence-corrected chi connectivity index (χ1v) is 3.71. The Hall–Kier alpha value is -0.920. The summed E-state index contributed by atoms with van der Waals surface area (Å²) < 4.78 is 1.61. The molecular formula is C9H16NO+. The first-order valence-electron chi connectivity index (χ1n) is 3.71. The van der Waals surface area contributed by atoms with E-state index in [0.717, 1.165) is 5.70 Å². The highest BCUT2D eigenvalue weighted by molar-refractivity contribution is 5.81. The van der Waals surface area contributed by atoms with Crippen molar-refractivity contribution >= 4 is 12.5 Å². The molecule has 0 aliphatic carbocycles. The highest BCUT2D eigenvalue weighted by Gasteiger charge is 2.13. The molecule has 2 nitrogen and oxygen atoms in total. The van der Waals surface area contributed by atoms with Gasteiger partial charge in [0.2, 0.25) is 6.54 Å². The van der Waals surface area contributed by atoms with Crippen LogP contribution in [0, 0.1) is 5.92 Å². The molecule has 0 aromatic heterocycles. The zero-order valence-corrected chi connectivity index (χ0v) is 7.55. The van der Waals surface area contributed by atoms with Crippen LogP contribution in [0.1, 0.15) is 20.8 Å². The van der Waals surface area contributed by atoms with Gasteiger partial charge in [0.05, 0.1) is 0 Å². The molecule has 0 spiro atoms. The van der Waals surface area contributed by atoms with Crippen molar-refractivity contribution in [2.45, 2.75) is 20.8 Å². The van der Waals surface area contributed by atoms with Gasteiger partial charge in [-0.1, -0.05) is 13.8 Å². The van der Waals surface area contributed by atoms with Crippen LogP contribution in [0.5, 0.6) is 0 Å². The fraction of sp³-hybridized carbons (Fsp3) is 0.556. The normalized spacial score (nSPS) is 9.82. The summed E-state index contributed by atoms with van der Waals surface area (Å²) in [7, 11) is 0. The van der Waals surface area contributed by atoms with E-state index in [4.69, 9.17) is 0 Å². The lowest BCUT2D eigenvalue weighted by molar-refractivity contribution is -0.455. The van der Waals surface area contributed by atoms with Crippen LogP contribution in [-0.2, 0) is 4.79 Å². The lowest BCUT2D eigenvalue weighted by Gasteiger charge is -2.01. The molecule has 0 aromatic carbocycles. The number of hydrogen-bond acceptors (Lipinski definition) is 1. The fourth-order valence-electron chi connectivity index (χ4n) is 0.506. The van der Waals surface area contributed by atoms with Gasteiger partial charge < -0.3 is 0 Å². The fourth-order valence-corrected chi connectivity index (χ4v) is 0.506. The van der Waals surface area contributed by atoms with Crippen molar-refractivity contribution < 1.29 is 9.37 Å². The largest absolute Gasteiger partial charge is 0.292 e.